The molecule has 0 radical (unpaired) electrons. The minimum Gasteiger partial charge on any atom is -0.493 e. The molecule has 2 N–H and O–H groups in total. The molecule has 2 aromatic rings. The minimum atomic E-state index is 0.290. The highest BCUT2D eigenvalue weighted by Gasteiger charge is 2.14. The summed E-state index contributed by atoms with van der Waals surface area (Å²) >= 11 is 0. The fourth-order valence-electron chi connectivity index (χ4n) is 1.90. The number of benzene rings is 1. The molecule has 0 aliphatic carbocycles. The molecule has 0 fully saturated rings. The van der Waals surface area contributed by atoms with Gasteiger partial charge in [0.2, 0.25) is 5.75 Å². The quantitative estimate of drug-likeness (QED) is 0.844. The van der Waals surface area contributed by atoms with E-state index < -0.39 is 0 Å². The van der Waals surface area contributed by atoms with Gasteiger partial charge in [-0.1, -0.05) is 0 Å². The van der Waals surface area contributed by atoms with E-state index in [1.54, 1.807) is 39.7 Å². The first-order valence-electron chi connectivity index (χ1n) is 6.41. The van der Waals surface area contributed by atoms with Crippen molar-refractivity contribution >= 4 is 0 Å². The largest absolute Gasteiger partial charge is 0.493 e. The Bertz CT molecular complexity index is 568. The van der Waals surface area contributed by atoms with Gasteiger partial charge in [0.05, 0.1) is 27.6 Å². The minimum absolute atomic E-state index is 0.290. The molecule has 21 heavy (non-hydrogen) atoms. The maximum absolute atomic E-state index is 5.68. The first kappa shape index (κ1) is 15.1. The molecule has 0 saturated heterocycles. The molecule has 0 unspecified atom stereocenters. The van der Waals surface area contributed by atoms with Crippen LogP contribution in [-0.4, -0.2) is 21.3 Å². The summed E-state index contributed by atoms with van der Waals surface area (Å²) in [7, 11) is 4.67. The Morgan fingerprint density at radius 2 is 1.67 bits per heavy atom. The van der Waals surface area contributed by atoms with E-state index >= 15 is 0 Å². The molecule has 0 bridgehead atoms. The molecule has 0 atom stereocenters. The van der Waals surface area contributed by atoms with Crippen LogP contribution in [0.2, 0.25) is 0 Å². The molecule has 6 heteroatoms. The number of hydrogen-bond donors (Lipinski definition) is 1. The number of rotatable bonds is 7. The van der Waals surface area contributed by atoms with Crippen molar-refractivity contribution < 1.29 is 23.4 Å². The van der Waals surface area contributed by atoms with Crippen molar-refractivity contribution in [2.24, 2.45) is 5.73 Å². The number of furan rings is 1. The van der Waals surface area contributed by atoms with E-state index in [-0.39, 0.29) is 0 Å². The van der Waals surface area contributed by atoms with Crippen molar-refractivity contribution in [2.45, 2.75) is 13.2 Å². The highest BCUT2D eigenvalue weighted by atomic mass is 16.5. The third-order valence-corrected chi connectivity index (χ3v) is 2.96. The fourth-order valence-corrected chi connectivity index (χ4v) is 1.90. The van der Waals surface area contributed by atoms with E-state index in [0.29, 0.717) is 41.9 Å². The monoisotopic (exact) mass is 293 g/mol. The van der Waals surface area contributed by atoms with Crippen LogP contribution in [0.5, 0.6) is 23.0 Å². The summed E-state index contributed by atoms with van der Waals surface area (Å²) in [6.45, 7) is 0.728. The average Bonchev–Trinajstić information content (AvgIpc) is 2.99. The summed E-state index contributed by atoms with van der Waals surface area (Å²) in [6.07, 6.45) is 1.62. The maximum atomic E-state index is 5.68. The van der Waals surface area contributed by atoms with Crippen molar-refractivity contribution in [3.8, 4) is 23.0 Å². The highest BCUT2D eigenvalue weighted by Crippen LogP contribution is 2.40. The number of methoxy groups -OCH3 is 3. The zero-order valence-electron chi connectivity index (χ0n) is 12.3. The Labute approximate surface area is 123 Å². The molecule has 1 aromatic carbocycles. The van der Waals surface area contributed by atoms with Crippen LogP contribution < -0.4 is 24.7 Å². The second kappa shape index (κ2) is 6.90. The third-order valence-electron chi connectivity index (χ3n) is 2.96. The van der Waals surface area contributed by atoms with E-state index in [4.69, 9.17) is 29.1 Å². The molecule has 0 aliphatic heterocycles. The van der Waals surface area contributed by atoms with Gasteiger partial charge in [-0.15, -0.1) is 0 Å². The molecule has 0 aliphatic rings. The lowest BCUT2D eigenvalue weighted by molar-refractivity contribution is 0.264. The topological polar surface area (TPSA) is 76.1 Å². The lowest BCUT2D eigenvalue weighted by Crippen LogP contribution is -1.98. The van der Waals surface area contributed by atoms with Crippen molar-refractivity contribution in [3.05, 3.63) is 35.8 Å². The smallest absolute Gasteiger partial charge is 0.203 e. The Morgan fingerprint density at radius 3 is 2.14 bits per heavy atom. The molecule has 0 amide bonds. The van der Waals surface area contributed by atoms with Gasteiger partial charge in [0.15, 0.2) is 11.5 Å². The van der Waals surface area contributed by atoms with E-state index in [9.17, 15) is 0 Å². The average molecular weight is 293 g/mol. The summed E-state index contributed by atoms with van der Waals surface area (Å²) in [6, 6.07) is 5.32. The molecular formula is C15H19NO5. The SMILES string of the molecule is COc1cc(OCc2cc(CN)co2)cc(OC)c1OC. The summed E-state index contributed by atoms with van der Waals surface area (Å²) in [4.78, 5) is 0. The van der Waals surface area contributed by atoms with Crippen molar-refractivity contribution in [3.63, 3.8) is 0 Å². The van der Waals surface area contributed by atoms with Gasteiger partial charge in [-0.2, -0.15) is 0 Å². The van der Waals surface area contributed by atoms with E-state index in [0.717, 1.165) is 5.56 Å². The predicted molar refractivity (Wildman–Crippen MR) is 77.0 cm³/mol. The molecule has 114 valence electrons. The fraction of sp³-hybridized carbons (Fsp3) is 0.333. The molecular weight excluding hydrogens is 274 g/mol. The summed E-state index contributed by atoms with van der Waals surface area (Å²) < 4.78 is 26.8. The number of ether oxygens (including phenoxy) is 4. The lowest BCUT2D eigenvalue weighted by atomic mass is 10.2. The van der Waals surface area contributed by atoms with Crippen LogP contribution in [0.4, 0.5) is 0 Å². The molecule has 0 saturated carbocycles. The number of nitrogens with two attached hydrogens (primary N) is 1. The predicted octanol–water partition coefficient (Wildman–Crippen LogP) is 2.34. The lowest BCUT2D eigenvalue weighted by Gasteiger charge is -2.14. The molecule has 1 heterocycles. The standard InChI is InChI=1S/C15H19NO5/c1-17-13-5-11(6-14(18-2)15(13)19-3)21-9-12-4-10(7-16)8-20-12/h4-6,8H,7,9,16H2,1-3H3. The van der Waals surface area contributed by atoms with Crippen LogP contribution in [0.1, 0.15) is 11.3 Å². The second-order valence-corrected chi connectivity index (χ2v) is 4.28. The van der Waals surface area contributed by atoms with Crippen LogP contribution in [0, 0.1) is 0 Å². The van der Waals surface area contributed by atoms with Gasteiger partial charge in [-0.3, -0.25) is 0 Å². The number of hydrogen-bond acceptors (Lipinski definition) is 6. The van der Waals surface area contributed by atoms with Crippen LogP contribution in [-0.2, 0) is 13.2 Å². The van der Waals surface area contributed by atoms with Crippen LogP contribution in [0.25, 0.3) is 0 Å². The van der Waals surface area contributed by atoms with Gasteiger partial charge in [0.1, 0.15) is 18.1 Å². The van der Waals surface area contributed by atoms with Crippen LogP contribution >= 0.6 is 0 Å². The van der Waals surface area contributed by atoms with Crippen LogP contribution in [0.3, 0.4) is 0 Å². The van der Waals surface area contributed by atoms with E-state index in [1.165, 1.54) is 0 Å². The van der Waals surface area contributed by atoms with Gasteiger partial charge in [0, 0.05) is 24.2 Å². The Kier molecular flexibility index (Phi) is 4.94. The normalized spacial score (nSPS) is 10.3. The van der Waals surface area contributed by atoms with Gasteiger partial charge in [-0.25, -0.2) is 0 Å². The molecule has 0 spiro atoms. The maximum Gasteiger partial charge on any atom is 0.203 e. The van der Waals surface area contributed by atoms with Gasteiger partial charge < -0.3 is 29.1 Å². The summed E-state index contributed by atoms with van der Waals surface area (Å²) in [5.74, 6) is 2.89. The zero-order valence-corrected chi connectivity index (χ0v) is 12.3. The van der Waals surface area contributed by atoms with Gasteiger partial charge in [0.25, 0.3) is 0 Å². The van der Waals surface area contributed by atoms with Crippen LogP contribution in [0.15, 0.2) is 28.9 Å². The van der Waals surface area contributed by atoms with E-state index in [2.05, 4.69) is 0 Å². The van der Waals surface area contributed by atoms with Crippen molar-refractivity contribution in [1.29, 1.82) is 0 Å². The highest BCUT2D eigenvalue weighted by molar-refractivity contribution is 5.55. The third kappa shape index (κ3) is 3.41. The van der Waals surface area contributed by atoms with E-state index in [1.807, 2.05) is 6.07 Å². The summed E-state index contributed by atoms with van der Waals surface area (Å²) in [5.41, 5.74) is 6.46. The van der Waals surface area contributed by atoms with Gasteiger partial charge in [-0.05, 0) is 6.07 Å². The summed E-state index contributed by atoms with van der Waals surface area (Å²) in [5, 5.41) is 0. The van der Waals surface area contributed by atoms with Crippen molar-refractivity contribution in [1.82, 2.24) is 0 Å². The Hall–Kier alpha value is -2.34. The molecule has 6 nitrogen and oxygen atoms in total. The first-order chi connectivity index (χ1) is 10.2. The molecule has 1 aromatic heterocycles. The molecule has 2 rings (SSSR count). The van der Waals surface area contributed by atoms with Gasteiger partial charge >= 0.3 is 0 Å². The zero-order chi connectivity index (χ0) is 15.2. The first-order valence-corrected chi connectivity index (χ1v) is 6.41. The second-order valence-electron chi connectivity index (χ2n) is 4.28. The Balaban J connectivity index is 2.15. The van der Waals surface area contributed by atoms with Crippen molar-refractivity contribution in [2.75, 3.05) is 21.3 Å². The Morgan fingerprint density at radius 1 is 1.00 bits per heavy atom.